The summed E-state index contributed by atoms with van der Waals surface area (Å²) in [4.78, 5) is 21.0. The number of benzene rings is 1. The molecule has 0 atom stereocenters. The predicted molar refractivity (Wildman–Crippen MR) is 99.0 cm³/mol. The Kier molecular flexibility index (Phi) is 4.35. The number of hydrogen-bond donors (Lipinski definition) is 1. The molecule has 0 saturated heterocycles. The van der Waals surface area contributed by atoms with Gasteiger partial charge >= 0.3 is 0 Å². The Hall–Kier alpha value is -3.21. The Labute approximate surface area is 152 Å². The Bertz CT molecular complexity index is 969. The Morgan fingerprint density at radius 2 is 2.12 bits per heavy atom. The van der Waals surface area contributed by atoms with Crippen LogP contribution in [0.5, 0.6) is 5.75 Å². The molecule has 130 valence electrons. The maximum absolute atomic E-state index is 12.5. The third-order valence-electron chi connectivity index (χ3n) is 4.58. The normalized spacial score (nSPS) is 12.3. The van der Waals surface area contributed by atoms with Crippen molar-refractivity contribution in [3.8, 4) is 16.9 Å². The zero-order valence-corrected chi connectivity index (χ0v) is 14.5. The van der Waals surface area contributed by atoms with Gasteiger partial charge in [-0.15, -0.1) is 0 Å². The Morgan fingerprint density at radius 1 is 1.19 bits per heavy atom. The lowest BCUT2D eigenvalue weighted by atomic mass is 10.0. The van der Waals surface area contributed by atoms with Gasteiger partial charge in [-0.2, -0.15) is 0 Å². The average Bonchev–Trinajstić information content (AvgIpc) is 3.15. The molecule has 0 radical (unpaired) electrons. The molecule has 0 bridgehead atoms. The van der Waals surface area contributed by atoms with Gasteiger partial charge in [0.2, 0.25) is 0 Å². The van der Waals surface area contributed by atoms with Crippen LogP contribution >= 0.6 is 0 Å². The highest BCUT2D eigenvalue weighted by atomic mass is 16.5. The highest BCUT2D eigenvalue weighted by Gasteiger charge is 2.14. The number of carbonyl (C=O) groups is 1. The molecule has 5 nitrogen and oxygen atoms in total. The van der Waals surface area contributed by atoms with E-state index in [2.05, 4.69) is 21.4 Å². The molecule has 2 aromatic heterocycles. The molecular formula is C21H19N3O2. The minimum Gasteiger partial charge on any atom is -0.493 e. The summed E-state index contributed by atoms with van der Waals surface area (Å²) in [6, 6.07) is 11.8. The van der Waals surface area contributed by atoms with E-state index in [1.54, 1.807) is 18.6 Å². The smallest absolute Gasteiger partial charge is 0.253 e. The molecule has 3 aromatic rings. The van der Waals surface area contributed by atoms with Gasteiger partial charge in [0.25, 0.3) is 5.91 Å². The summed E-state index contributed by atoms with van der Waals surface area (Å²) in [5.41, 5.74) is 5.62. The van der Waals surface area contributed by atoms with Crippen LogP contribution in [0.1, 0.15) is 27.2 Å². The van der Waals surface area contributed by atoms with E-state index in [9.17, 15) is 4.79 Å². The minimum absolute atomic E-state index is 0.146. The highest BCUT2D eigenvalue weighted by molar-refractivity contribution is 5.95. The molecule has 0 spiro atoms. The highest BCUT2D eigenvalue weighted by Crippen LogP contribution is 2.30. The number of nitrogens with zero attached hydrogens (tertiary/aromatic N) is 2. The van der Waals surface area contributed by atoms with Gasteiger partial charge in [0, 0.05) is 42.8 Å². The van der Waals surface area contributed by atoms with Crippen molar-refractivity contribution in [2.45, 2.75) is 19.9 Å². The van der Waals surface area contributed by atoms with Gasteiger partial charge in [0.05, 0.1) is 12.2 Å². The van der Waals surface area contributed by atoms with Gasteiger partial charge in [-0.3, -0.25) is 14.8 Å². The van der Waals surface area contributed by atoms with Crippen LogP contribution < -0.4 is 10.1 Å². The number of hydrogen-bond acceptors (Lipinski definition) is 4. The number of ether oxygens (including phenoxy) is 1. The van der Waals surface area contributed by atoms with Crippen LogP contribution in [0.3, 0.4) is 0 Å². The van der Waals surface area contributed by atoms with E-state index < -0.39 is 0 Å². The van der Waals surface area contributed by atoms with E-state index in [0.717, 1.165) is 41.2 Å². The van der Waals surface area contributed by atoms with Crippen LogP contribution in [0.4, 0.5) is 0 Å². The second kappa shape index (κ2) is 6.96. The lowest BCUT2D eigenvalue weighted by Gasteiger charge is -2.09. The number of aromatic nitrogens is 2. The number of pyridine rings is 2. The van der Waals surface area contributed by atoms with Crippen LogP contribution in [0, 0.1) is 6.92 Å². The van der Waals surface area contributed by atoms with Gasteiger partial charge in [-0.1, -0.05) is 12.1 Å². The fourth-order valence-corrected chi connectivity index (χ4v) is 3.07. The van der Waals surface area contributed by atoms with E-state index in [1.807, 2.05) is 37.3 Å². The standard InChI is InChI=1S/C21H19N3O2/c1-14-17(3-2-7-23-14)13-24-21(25)19-10-18(11-22-12-19)15-4-5-20-16(9-15)6-8-26-20/h2-5,7,9-12H,6,8,13H2,1H3,(H,24,25). The van der Waals surface area contributed by atoms with Crippen molar-refractivity contribution >= 4 is 5.91 Å². The van der Waals surface area contributed by atoms with Gasteiger partial charge in [0.1, 0.15) is 5.75 Å². The largest absolute Gasteiger partial charge is 0.493 e. The molecule has 0 unspecified atom stereocenters. The summed E-state index contributed by atoms with van der Waals surface area (Å²) in [5.74, 6) is 0.801. The molecule has 4 rings (SSSR count). The van der Waals surface area contributed by atoms with Crippen molar-refractivity contribution in [1.82, 2.24) is 15.3 Å². The molecule has 0 fully saturated rings. The fraction of sp³-hybridized carbons (Fsp3) is 0.190. The summed E-state index contributed by atoms with van der Waals surface area (Å²) in [7, 11) is 0. The van der Waals surface area contributed by atoms with E-state index in [1.165, 1.54) is 5.56 Å². The number of nitrogens with one attached hydrogen (secondary N) is 1. The number of amides is 1. The average molecular weight is 345 g/mol. The van der Waals surface area contributed by atoms with Gasteiger partial charge < -0.3 is 10.1 Å². The van der Waals surface area contributed by atoms with Crippen LogP contribution in [0.25, 0.3) is 11.1 Å². The molecule has 5 heteroatoms. The van der Waals surface area contributed by atoms with Crippen molar-refractivity contribution in [2.24, 2.45) is 0 Å². The number of aryl methyl sites for hydroxylation is 1. The lowest BCUT2D eigenvalue weighted by Crippen LogP contribution is -2.23. The van der Waals surface area contributed by atoms with Crippen molar-refractivity contribution in [3.05, 3.63) is 77.4 Å². The molecule has 1 aliphatic rings. The van der Waals surface area contributed by atoms with Crippen LogP contribution in [-0.2, 0) is 13.0 Å². The number of fused-ring (bicyclic) bond motifs is 1. The summed E-state index contributed by atoms with van der Waals surface area (Å²) < 4.78 is 5.55. The van der Waals surface area contributed by atoms with Crippen molar-refractivity contribution in [2.75, 3.05) is 6.61 Å². The van der Waals surface area contributed by atoms with E-state index in [-0.39, 0.29) is 5.91 Å². The van der Waals surface area contributed by atoms with E-state index in [4.69, 9.17) is 4.74 Å². The third kappa shape index (κ3) is 3.28. The summed E-state index contributed by atoms with van der Waals surface area (Å²) >= 11 is 0. The first-order valence-corrected chi connectivity index (χ1v) is 8.60. The first-order chi connectivity index (χ1) is 12.7. The molecule has 1 N–H and O–H groups in total. The Balaban J connectivity index is 1.52. The Morgan fingerprint density at radius 3 is 3.00 bits per heavy atom. The first kappa shape index (κ1) is 16.3. The summed E-state index contributed by atoms with van der Waals surface area (Å²) in [6.07, 6.45) is 6.03. The van der Waals surface area contributed by atoms with Crippen LogP contribution in [-0.4, -0.2) is 22.5 Å². The SMILES string of the molecule is Cc1ncccc1CNC(=O)c1cncc(-c2ccc3c(c2)CCO3)c1. The van der Waals surface area contributed by atoms with Gasteiger partial charge in [-0.05, 0) is 47.9 Å². The molecule has 0 saturated carbocycles. The third-order valence-corrected chi connectivity index (χ3v) is 4.58. The molecule has 3 heterocycles. The number of rotatable bonds is 4. The van der Waals surface area contributed by atoms with Crippen molar-refractivity contribution in [1.29, 1.82) is 0 Å². The maximum Gasteiger partial charge on any atom is 0.253 e. The van der Waals surface area contributed by atoms with Gasteiger partial charge in [-0.25, -0.2) is 0 Å². The molecular weight excluding hydrogens is 326 g/mol. The molecule has 0 aliphatic carbocycles. The lowest BCUT2D eigenvalue weighted by molar-refractivity contribution is 0.0950. The second-order valence-electron chi connectivity index (χ2n) is 6.31. The minimum atomic E-state index is -0.146. The molecule has 1 aromatic carbocycles. The quantitative estimate of drug-likeness (QED) is 0.788. The van der Waals surface area contributed by atoms with Crippen LogP contribution in [0.2, 0.25) is 0 Å². The summed E-state index contributed by atoms with van der Waals surface area (Å²) in [6.45, 7) is 3.10. The summed E-state index contributed by atoms with van der Waals surface area (Å²) in [5, 5.41) is 2.94. The van der Waals surface area contributed by atoms with Crippen molar-refractivity contribution < 1.29 is 9.53 Å². The van der Waals surface area contributed by atoms with E-state index in [0.29, 0.717) is 12.1 Å². The second-order valence-corrected chi connectivity index (χ2v) is 6.31. The van der Waals surface area contributed by atoms with Crippen LogP contribution in [0.15, 0.2) is 55.0 Å². The molecule has 26 heavy (non-hydrogen) atoms. The van der Waals surface area contributed by atoms with E-state index >= 15 is 0 Å². The predicted octanol–water partition coefficient (Wildman–Crippen LogP) is 3.32. The first-order valence-electron chi connectivity index (χ1n) is 8.60. The maximum atomic E-state index is 12.5. The number of carbonyl (C=O) groups excluding carboxylic acids is 1. The van der Waals surface area contributed by atoms with Gasteiger partial charge in [0.15, 0.2) is 0 Å². The van der Waals surface area contributed by atoms with Crippen molar-refractivity contribution in [3.63, 3.8) is 0 Å². The zero-order valence-electron chi connectivity index (χ0n) is 14.5. The topological polar surface area (TPSA) is 64.1 Å². The fourth-order valence-electron chi connectivity index (χ4n) is 3.07. The molecule has 1 aliphatic heterocycles. The molecule has 1 amide bonds. The monoisotopic (exact) mass is 345 g/mol. The zero-order chi connectivity index (χ0) is 17.9.